The van der Waals surface area contributed by atoms with Gasteiger partial charge in [-0.25, -0.2) is 4.79 Å². The van der Waals surface area contributed by atoms with Crippen molar-refractivity contribution in [2.45, 2.75) is 25.2 Å². The normalized spacial score (nSPS) is 27.1. The zero-order valence-electron chi connectivity index (χ0n) is 14.2. The molecule has 2 aliphatic carbocycles. The van der Waals surface area contributed by atoms with Gasteiger partial charge in [-0.05, 0) is 48.1 Å². The number of H-pyrrole nitrogens is 1. The number of aryl methyl sites for hydroxylation is 1. The molecule has 3 atom stereocenters. The van der Waals surface area contributed by atoms with Crippen LogP contribution in [0.4, 0.5) is 0 Å². The number of aromatic nitrogens is 2. The summed E-state index contributed by atoms with van der Waals surface area (Å²) in [6.07, 6.45) is 5.22. The van der Waals surface area contributed by atoms with Gasteiger partial charge >= 0.3 is 5.97 Å². The lowest BCUT2D eigenvalue weighted by Crippen LogP contribution is -2.48. The Morgan fingerprint density at radius 2 is 2.12 bits per heavy atom. The third-order valence-corrected chi connectivity index (χ3v) is 5.81. The molecular weight excluding hydrogens is 330 g/mol. The lowest BCUT2D eigenvalue weighted by molar-refractivity contribution is -0.121. The molecule has 0 radical (unpaired) electrons. The highest BCUT2D eigenvalue weighted by Gasteiger charge is 2.53. The van der Waals surface area contributed by atoms with E-state index in [9.17, 15) is 20.0 Å². The molecule has 0 saturated heterocycles. The fourth-order valence-electron chi connectivity index (χ4n) is 4.53. The maximum atomic E-state index is 12.6. The Balaban J connectivity index is 2.01. The first-order chi connectivity index (χ1) is 12.5. The second-order valence-electron chi connectivity index (χ2n) is 6.98. The van der Waals surface area contributed by atoms with Gasteiger partial charge in [-0.3, -0.25) is 9.89 Å². The van der Waals surface area contributed by atoms with Crippen LogP contribution in [0.1, 0.15) is 40.5 Å². The summed E-state index contributed by atoms with van der Waals surface area (Å²) in [5.74, 6) is -1.46. The summed E-state index contributed by atoms with van der Waals surface area (Å²) in [6.45, 7) is 1.87. The molecule has 6 heteroatoms. The SMILES string of the molecule is C[C@@H]1C(=O)C(C#N)=C[C@]2(c3ccc(C(=O)O)cc3)c3n[nH]cc3CC[C@@H]12. The van der Waals surface area contributed by atoms with E-state index < -0.39 is 11.4 Å². The van der Waals surface area contributed by atoms with Crippen LogP contribution in [0.25, 0.3) is 0 Å². The van der Waals surface area contributed by atoms with E-state index in [2.05, 4.69) is 10.2 Å². The Morgan fingerprint density at radius 3 is 2.77 bits per heavy atom. The Morgan fingerprint density at radius 1 is 1.38 bits per heavy atom. The number of nitrogens with one attached hydrogen (secondary N) is 1. The average molecular weight is 347 g/mol. The van der Waals surface area contributed by atoms with Crippen LogP contribution in [0.3, 0.4) is 0 Å². The molecule has 2 aliphatic rings. The number of carbonyl (C=O) groups is 2. The van der Waals surface area contributed by atoms with Crippen molar-refractivity contribution in [3.63, 3.8) is 0 Å². The molecule has 2 N–H and O–H groups in total. The first-order valence-electron chi connectivity index (χ1n) is 8.53. The summed E-state index contributed by atoms with van der Waals surface area (Å²) >= 11 is 0. The smallest absolute Gasteiger partial charge is 0.335 e. The molecule has 130 valence electrons. The molecule has 0 fully saturated rings. The predicted molar refractivity (Wildman–Crippen MR) is 92.4 cm³/mol. The fraction of sp³-hybridized carbons (Fsp3) is 0.300. The highest BCUT2D eigenvalue weighted by atomic mass is 16.4. The summed E-state index contributed by atoms with van der Waals surface area (Å²) in [4.78, 5) is 23.8. The number of fused-ring (bicyclic) bond motifs is 3. The first kappa shape index (κ1) is 16.3. The van der Waals surface area contributed by atoms with Crippen molar-refractivity contribution >= 4 is 11.8 Å². The highest BCUT2D eigenvalue weighted by molar-refractivity contribution is 6.02. The zero-order valence-corrected chi connectivity index (χ0v) is 14.2. The second kappa shape index (κ2) is 5.67. The minimum atomic E-state index is -0.991. The third-order valence-electron chi connectivity index (χ3n) is 5.81. The topological polar surface area (TPSA) is 107 Å². The van der Waals surface area contributed by atoms with E-state index in [0.29, 0.717) is 0 Å². The van der Waals surface area contributed by atoms with Gasteiger partial charge in [0.25, 0.3) is 0 Å². The molecule has 4 rings (SSSR count). The molecule has 2 aromatic rings. The Labute approximate surface area is 150 Å². The number of aromatic carboxylic acids is 1. The van der Waals surface area contributed by atoms with Crippen molar-refractivity contribution in [2.24, 2.45) is 11.8 Å². The number of carboxylic acids is 1. The van der Waals surface area contributed by atoms with E-state index in [1.165, 1.54) is 0 Å². The summed E-state index contributed by atoms with van der Waals surface area (Å²) in [5, 5.41) is 26.1. The van der Waals surface area contributed by atoms with E-state index in [-0.39, 0.29) is 28.8 Å². The van der Waals surface area contributed by atoms with E-state index in [0.717, 1.165) is 29.7 Å². The lowest BCUT2D eigenvalue weighted by atomic mass is 9.54. The van der Waals surface area contributed by atoms with Gasteiger partial charge in [0.1, 0.15) is 6.07 Å². The van der Waals surface area contributed by atoms with Crippen LogP contribution in [0.2, 0.25) is 0 Å². The molecule has 0 spiro atoms. The molecule has 1 aromatic heterocycles. The number of allylic oxidation sites excluding steroid dienone is 2. The number of ketones is 1. The van der Waals surface area contributed by atoms with Gasteiger partial charge in [0.15, 0.2) is 5.78 Å². The zero-order chi connectivity index (χ0) is 18.5. The number of hydrogen-bond donors (Lipinski definition) is 2. The van der Waals surface area contributed by atoms with E-state index in [1.807, 2.05) is 19.2 Å². The van der Waals surface area contributed by atoms with Gasteiger partial charge < -0.3 is 5.11 Å². The van der Waals surface area contributed by atoms with Crippen LogP contribution >= 0.6 is 0 Å². The average Bonchev–Trinajstić information content (AvgIpc) is 3.14. The van der Waals surface area contributed by atoms with Crippen molar-refractivity contribution in [2.75, 3.05) is 0 Å². The summed E-state index contributed by atoms with van der Waals surface area (Å²) in [6, 6.07) is 8.71. The van der Waals surface area contributed by atoms with Crippen LogP contribution in [-0.4, -0.2) is 27.1 Å². The number of aromatic amines is 1. The monoisotopic (exact) mass is 347 g/mol. The summed E-state index contributed by atoms with van der Waals surface area (Å²) < 4.78 is 0. The van der Waals surface area contributed by atoms with E-state index in [4.69, 9.17) is 0 Å². The van der Waals surface area contributed by atoms with Crippen LogP contribution in [-0.2, 0) is 16.6 Å². The minimum Gasteiger partial charge on any atom is -0.478 e. The molecule has 0 amide bonds. The number of carbonyl (C=O) groups excluding carboxylic acids is 1. The summed E-state index contributed by atoms with van der Waals surface area (Å²) in [7, 11) is 0. The van der Waals surface area contributed by atoms with Crippen molar-refractivity contribution in [1.82, 2.24) is 10.2 Å². The summed E-state index contributed by atoms with van der Waals surface area (Å²) in [5.41, 5.74) is 2.38. The molecule has 26 heavy (non-hydrogen) atoms. The number of nitrogens with zero attached hydrogens (tertiary/aromatic N) is 2. The Hall–Kier alpha value is -3.20. The Bertz CT molecular complexity index is 980. The molecule has 0 saturated carbocycles. The molecule has 1 aromatic carbocycles. The number of hydrogen-bond acceptors (Lipinski definition) is 4. The van der Waals surface area contributed by atoms with Crippen LogP contribution in [0.5, 0.6) is 0 Å². The lowest BCUT2D eigenvalue weighted by Gasteiger charge is -2.46. The number of nitriles is 1. The minimum absolute atomic E-state index is 0.0291. The van der Waals surface area contributed by atoms with Crippen LogP contribution in [0.15, 0.2) is 42.1 Å². The number of benzene rings is 1. The predicted octanol–water partition coefficient (Wildman–Crippen LogP) is 2.63. The molecule has 0 aliphatic heterocycles. The van der Waals surface area contributed by atoms with Gasteiger partial charge in [-0.1, -0.05) is 19.1 Å². The van der Waals surface area contributed by atoms with Crippen LogP contribution < -0.4 is 0 Å². The third kappa shape index (κ3) is 2.07. The number of carboxylic acid groups (broad SMARTS) is 1. The molecule has 1 heterocycles. The fourth-order valence-corrected chi connectivity index (χ4v) is 4.53. The molecule has 6 nitrogen and oxygen atoms in total. The Kier molecular flexibility index (Phi) is 3.55. The number of Topliss-reactive ketones (excluding diaryl/α,β-unsaturated/α-hetero) is 1. The second-order valence-corrected chi connectivity index (χ2v) is 6.98. The van der Waals surface area contributed by atoms with E-state index in [1.54, 1.807) is 30.3 Å². The maximum Gasteiger partial charge on any atom is 0.335 e. The quantitative estimate of drug-likeness (QED) is 0.868. The number of rotatable bonds is 2. The first-order valence-corrected chi connectivity index (χ1v) is 8.53. The molecule has 0 unspecified atom stereocenters. The van der Waals surface area contributed by atoms with Gasteiger partial charge in [0.2, 0.25) is 0 Å². The largest absolute Gasteiger partial charge is 0.478 e. The van der Waals surface area contributed by atoms with Crippen molar-refractivity contribution in [3.8, 4) is 6.07 Å². The van der Waals surface area contributed by atoms with Crippen molar-refractivity contribution in [1.29, 1.82) is 5.26 Å². The van der Waals surface area contributed by atoms with Gasteiger partial charge in [-0.15, -0.1) is 0 Å². The molecular formula is C20H17N3O3. The van der Waals surface area contributed by atoms with Crippen molar-refractivity contribution < 1.29 is 14.7 Å². The van der Waals surface area contributed by atoms with Crippen LogP contribution in [0, 0.1) is 23.2 Å². The van der Waals surface area contributed by atoms with Gasteiger partial charge in [-0.2, -0.15) is 10.4 Å². The maximum absolute atomic E-state index is 12.6. The molecule has 0 bridgehead atoms. The van der Waals surface area contributed by atoms with Crippen molar-refractivity contribution in [3.05, 3.63) is 64.5 Å². The van der Waals surface area contributed by atoms with E-state index >= 15 is 0 Å². The standard InChI is InChI=1S/C20H17N3O3/c1-11-16-7-4-13-10-22-23-18(13)20(16,8-14(9-21)17(11)24)15-5-2-12(3-6-15)19(25)26/h2-3,5-6,8,10-11,16H,4,7H2,1H3,(H,22,23)(H,25,26)/t11-,16-,20+/m0/s1. The van der Waals surface area contributed by atoms with Gasteiger partial charge in [0, 0.05) is 12.1 Å². The highest BCUT2D eigenvalue weighted by Crippen LogP contribution is 2.52. The van der Waals surface area contributed by atoms with Gasteiger partial charge in [0.05, 0.1) is 22.2 Å².